The Hall–Kier alpha value is -2.61. The summed E-state index contributed by atoms with van der Waals surface area (Å²) in [5.41, 5.74) is 0.304. The molecule has 24 heavy (non-hydrogen) atoms. The second-order valence-electron chi connectivity index (χ2n) is 5.72. The highest BCUT2D eigenvalue weighted by molar-refractivity contribution is 5.93. The van der Waals surface area contributed by atoms with E-state index < -0.39 is 5.97 Å². The Bertz CT molecular complexity index is 756. The first-order valence-electron chi connectivity index (χ1n) is 7.60. The molecule has 0 aromatic carbocycles. The average Bonchev–Trinajstić information content (AvgIpc) is 3.25. The van der Waals surface area contributed by atoms with Crippen LogP contribution in [0.2, 0.25) is 0 Å². The summed E-state index contributed by atoms with van der Waals surface area (Å²) in [5.74, 6) is -0.261. The Balaban J connectivity index is 1.74. The van der Waals surface area contributed by atoms with Crippen LogP contribution in [0.4, 0.5) is 0 Å². The lowest BCUT2D eigenvalue weighted by molar-refractivity contribution is 0.0693. The Labute approximate surface area is 138 Å². The van der Waals surface area contributed by atoms with Crippen molar-refractivity contribution in [1.82, 2.24) is 9.88 Å². The Kier molecular flexibility index (Phi) is 4.39. The molecule has 0 aliphatic carbocycles. The Morgan fingerprint density at radius 1 is 1.46 bits per heavy atom. The minimum absolute atomic E-state index is 0.0901. The number of oxazole rings is 1. The predicted molar refractivity (Wildman–Crippen MR) is 80.6 cm³/mol. The summed E-state index contributed by atoms with van der Waals surface area (Å²) in [4.78, 5) is 29.1. The van der Waals surface area contributed by atoms with Gasteiger partial charge in [-0.3, -0.25) is 4.79 Å². The van der Waals surface area contributed by atoms with Crippen LogP contribution in [0.15, 0.2) is 21.3 Å². The van der Waals surface area contributed by atoms with Crippen LogP contribution in [0.25, 0.3) is 0 Å². The molecule has 0 spiro atoms. The van der Waals surface area contributed by atoms with Gasteiger partial charge >= 0.3 is 5.97 Å². The molecule has 1 atom stereocenters. The molecule has 1 aliphatic heterocycles. The summed E-state index contributed by atoms with van der Waals surface area (Å²) < 4.78 is 16.3. The van der Waals surface area contributed by atoms with Crippen molar-refractivity contribution in [3.63, 3.8) is 0 Å². The number of nitrogens with zero attached hydrogens (tertiary/aromatic N) is 2. The van der Waals surface area contributed by atoms with Crippen molar-refractivity contribution in [2.45, 2.75) is 32.4 Å². The smallest absolute Gasteiger partial charge is 0.339 e. The van der Waals surface area contributed by atoms with Gasteiger partial charge in [-0.05, 0) is 25.8 Å². The third-order valence-corrected chi connectivity index (χ3v) is 3.96. The van der Waals surface area contributed by atoms with Crippen molar-refractivity contribution in [2.24, 2.45) is 0 Å². The maximum absolute atomic E-state index is 12.6. The number of aryl methyl sites for hydroxylation is 1. The van der Waals surface area contributed by atoms with E-state index in [1.54, 1.807) is 14.0 Å². The zero-order valence-electron chi connectivity index (χ0n) is 13.4. The Morgan fingerprint density at radius 2 is 2.25 bits per heavy atom. The molecule has 3 rings (SSSR count). The Morgan fingerprint density at radius 3 is 2.88 bits per heavy atom. The molecule has 3 heterocycles. The molecule has 1 aliphatic rings. The fourth-order valence-corrected chi connectivity index (χ4v) is 2.75. The SMILES string of the molecule is Cc1oc(CN(C)C(=O)c2ncoc2C2CCCO2)cc1C(=O)O. The molecule has 8 heteroatoms. The molecule has 128 valence electrons. The van der Waals surface area contributed by atoms with Crippen LogP contribution < -0.4 is 0 Å². The summed E-state index contributed by atoms with van der Waals surface area (Å²) in [6, 6.07) is 1.42. The molecular weight excluding hydrogens is 316 g/mol. The first kappa shape index (κ1) is 16.3. The molecule has 0 radical (unpaired) electrons. The van der Waals surface area contributed by atoms with Crippen LogP contribution in [-0.2, 0) is 11.3 Å². The van der Waals surface area contributed by atoms with Crippen LogP contribution in [0.5, 0.6) is 0 Å². The summed E-state index contributed by atoms with van der Waals surface area (Å²) in [6.07, 6.45) is 2.69. The number of rotatable bonds is 5. The molecule has 1 unspecified atom stereocenters. The lowest BCUT2D eigenvalue weighted by Crippen LogP contribution is -2.27. The fourth-order valence-electron chi connectivity index (χ4n) is 2.75. The number of furan rings is 1. The summed E-state index contributed by atoms with van der Waals surface area (Å²) in [6.45, 7) is 2.34. The summed E-state index contributed by atoms with van der Waals surface area (Å²) in [5, 5.41) is 9.05. The van der Waals surface area contributed by atoms with Crippen LogP contribution in [0, 0.1) is 6.92 Å². The zero-order valence-corrected chi connectivity index (χ0v) is 13.4. The van der Waals surface area contributed by atoms with Crippen molar-refractivity contribution >= 4 is 11.9 Å². The number of carboxylic acid groups (broad SMARTS) is 1. The van der Waals surface area contributed by atoms with E-state index in [2.05, 4.69) is 4.98 Å². The highest BCUT2D eigenvalue weighted by atomic mass is 16.5. The van der Waals surface area contributed by atoms with E-state index in [0.717, 1.165) is 12.8 Å². The topological polar surface area (TPSA) is 106 Å². The van der Waals surface area contributed by atoms with Crippen LogP contribution in [-0.4, -0.2) is 40.5 Å². The second kappa shape index (κ2) is 6.48. The minimum Gasteiger partial charge on any atom is -0.478 e. The first-order chi connectivity index (χ1) is 11.5. The molecule has 8 nitrogen and oxygen atoms in total. The molecule has 0 saturated carbocycles. The minimum atomic E-state index is -1.06. The number of hydrogen-bond acceptors (Lipinski definition) is 6. The van der Waals surface area contributed by atoms with E-state index in [1.165, 1.54) is 17.4 Å². The number of aromatic nitrogens is 1. The van der Waals surface area contributed by atoms with Crippen molar-refractivity contribution in [1.29, 1.82) is 0 Å². The van der Waals surface area contributed by atoms with Gasteiger partial charge in [-0.15, -0.1) is 0 Å². The van der Waals surface area contributed by atoms with Gasteiger partial charge in [0.1, 0.15) is 23.2 Å². The second-order valence-corrected chi connectivity index (χ2v) is 5.72. The third kappa shape index (κ3) is 3.05. The van der Waals surface area contributed by atoms with E-state index in [4.69, 9.17) is 18.7 Å². The number of ether oxygens (including phenoxy) is 1. The first-order valence-corrected chi connectivity index (χ1v) is 7.60. The van der Waals surface area contributed by atoms with Gasteiger partial charge < -0.3 is 23.6 Å². The number of carboxylic acids is 1. The number of hydrogen-bond donors (Lipinski definition) is 1. The van der Waals surface area contributed by atoms with Crippen molar-refractivity contribution in [2.75, 3.05) is 13.7 Å². The molecular formula is C16H18N2O6. The predicted octanol–water partition coefficient (Wildman–Crippen LogP) is 2.40. The largest absolute Gasteiger partial charge is 0.478 e. The van der Waals surface area contributed by atoms with E-state index in [9.17, 15) is 9.59 Å². The molecule has 1 saturated heterocycles. The van der Waals surface area contributed by atoms with Gasteiger partial charge in [0.05, 0.1) is 6.54 Å². The monoisotopic (exact) mass is 334 g/mol. The number of carbonyl (C=O) groups excluding carboxylic acids is 1. The molecule has 1 amide bonds. The molecule has 0 bridgehead atoms. The highest BCUT2D eigenvalue weighted by Gasteiger charge is 2.29. The third-order valence-electron chi connectivity index (χ3n) is 3.96. The lowest BCUT2D eigenvalue weighted by atomic mass is 10.1. The number of carbonyl (C=O) groups is 2. The molecule has 1 N–H and O–H groups in total. The zero-order chi connectivity index (χ0) is 17.3. The normalized spacial score (nSPS) is 17.2. The van der Waals surface area contributed by atoms with E-state index >= 15 is 0 Å². The standard InChI is InChI=1S/C16H18N2O6/c1-9-11(16(20)21)6-10(24-9)7-18(2)15(19)13-14(23-8-17-13)12-4-3-5-22-12/h6,8,12H,3-5,7H2,1-2H3,(H,20,21). The molecule has 1 fully saturated rings. The molecule has 2 aromatic rings. The van der Waals surface area contributed by atoms with E-state index in [-0.39, 0.29) is 29.8 Å². The van der Waals surface area contributed by atoms with E-state index in [1.807, 2.05) is 0 Å². The van der Waals surface area contributed by atoms with Gasteiger partial charge in [0.25, 0.3) is 5.91 Å². The van der Waals surface area contributed by atoms with Gasteiger partial charge in [-0.1, -0.05) is 0 Å². The number of aromatic carboxylic acids is 1. The van der Waals surface area contributed by atoms with Crippen LogP contribution >= 0.6 is 0 Å². The van der Waals surface area contributed by atoms with Gasteiger partial charge in [-0.2, -0.15) is 0 Å². The van der Waals surface area contributed by atoms with Crippen LogP contribution in [0.3, 0.4) is 0 Å². The van der Waals surface area contributed by atoms with Gasteiger partial charge in [0, 0.05) is 13.7 Å². The van der Waals surface area contributed by atoms with Gasteiger partial charge in [0.15, 0.2) is 17.8 Å². The maximum atomic E-state index is 12.6. The highest BCUT2D eigenvalue weighted by Crippen LogP contribution is 2.31. The molecule has 2 aromatic heterocycles. The summed E-state index contributed by atoms with van der Waals surface area (Å²) in [7, 11) is 1.59. The van der Waals surface area contributed by atoms with Gasteiger partial charge in [0.2, 0.25) is 0 Å². The summed E-state index contributed by atoms with van der Waals surface area (Å²) >= 11 is 0. The fraction of sp³-hybridized carbons (Fsp3) is 0.438. The number of amides is 1. The lowest BCUT2D eigenvalue weighted by Gasteiger charge is -2.15. The maximum Gasteiger partial charge on any atom is 0.339 e. The van der Waals surface area contributed by atoms with Crippen molar-refractivity contribution < 1.29 is 28.3 Å². The quantitative estimate of drug-likeness (QED) is 0.894. The van der Waals surface area contributed by atoms with E-state index in [0.29, 0.717) is 23.9 Å². The van der Waals surface area contributed by atoms with Crippen LogP contribution in [0.1, 0.15) is 57.1 Å². The van der Waals surface area contributed by atoms with Crippen molar-refractivity contribution in [3.05, 3.63) is 41.0 Å². The average molecular weight is 334 g/mol. The van der Waals surface area contributed by atoms with Crippen molar-refractivity contribution in [3.8, 4) is 0 Å². The van der Waals surface area contributed by atoms with Gasteiger partial charge in [-0.25, -0.2) is 9.78 Å².